The summed E-state index contributed by atoms with van der Waals surface area (Å²) in [6.07, 6.45) is 0. The van der Waals surface area contributed by atoms with E-state index in [0.29, 0.717) is 13.2 Å². The first-order chi connectivity index (χ1) is 8.31. The molecular weight excluding hydrogens is 361 g/mol. The van der Waals surface area contributed by atoms with Crippen LogP contribution >= 0.6 is 0 Å². The van der Waals surface area contributed by atoms with Crippen LogP contribution in [0.2, 0.25) is 0 Å². The fourth-order valence-electron chi connectivity index (χ4n) is 2.35. The molecule has 0 aromatic rings. The van der Waals surface area contributed by atoms with Crippen molar-refractivity contribution in [2.24, 2.45) is 17.8 Å². The number of quaternary nitrogens is 1. The molecule has 0 heterocycles. The third-order valence-corrected chi connectivity index (χ3v) is 3.04. The molecule has 1 fully saturated rings. The highest BCUT2D eigenvalue weighted by atomic mass is 127. The second-order valence-corrected chi connectivity index (χ2v) is 5.69. The molecule has 1 aliphatic rings. The van der Waals surface area contributed by atoms with Gasteiger partial charge in [0.2, 0.25) is 0 Å². The molecule has 0 aromatic heterocycles. The summed E-state index contributed by atoms with van der Waals surface area (Å²) in [5.74, 6) is -1.13. The number of rotatable bonds is 6. The van der Waals surface area contributed by atoms with Gasteiger partial charge in [0.1, 0.15) is 0 Å². The van der Waals surface area contributed by atoms with Crippen LogP contribution in [0.3, 0.4) is 0 Å². The van der Waals surface area contributed by atoms with Gasteiger partial charge in [0.15, 0.2) is 0 Å². The molecule has 0 spiro atoms. The van der Waals surface area contributed by atoms with Gasteiger partial charge in [-0.15, -0.1) is 0 Å². The van der Waals surface area contributed by atoms with Gasteiger partial charge in [0, 0.05) is 5.92 Å². The molecule has 112 valence electrons. The second-order valence-electron chi connectivity index (χ2n) is 5.69. The molecule has 5 nitrogen and oxygen atoms in total. The molecule has 0 saturated heterocycles. The van der Waals surface area contributed by atoms with E-state index in [9.17, 15) is 9.59 Å². The first-order valence-corrected chi connectivity index (χ1v) is 6.45. The lowest BCUT2D eigenvalue weighted by molar-refractivity contribution is -0.872. The van der Waals surface area contributed by atoms with Crippen LogP contribution in [0.15, 0.2) is 0 Å². The maximum atomic E-state index is 11.8. The Kier molecular flexibility index (Phi) is 7.28. The number of halogens is 1. The first kappa shape index (κ1) is 18.6. The van der Waals surface area contributed by atoms with E-state index in [-0.39, 0.29) is 53.7 Å². The Morgan fingerprint density at radius 2 is 1.32 bits per heavy atom. The van der Waals surface area contributed by atoms with Gasteiger partial charge >= 0.3 is 11.9 Å². The maximum absolute atomic E-state index is 11.8. The van der Waals surface area contributed by atoms with Gasteiger partial charge in [0.25, 0.3) is 0 Å². The topological polar surface area (TPSA) is 52.6 Å². The lowest BCUT2D eigenvalue weighted by atomic mass is 10.3. The van der Waals surface area contributed by atoms with Crippen LogP contribution in [0.5, 0.6) is 0 Å². The third-order valence-electron chi connectivity index (χ3n) is 3.04. The van der Waals surface area contributed by atoms with E-state index >= 15 is 0 Å². The number of nitrogens with zero attached hydrogens (tertiary/aromatic N) is 1. The van der Waals surface area contributed by atoms with Crippen LogP contribution in [0.25, 0.3) is 0 Å². The standard InChI is InChI=1S/C13H24NO4.HI/c1-6-17-12(15)10-9(8-14(3,4)5)11(10)13(16)18-7-2;/h9-11H,6-8H2,1-5H3;1H/q+1;/p-1/t9?,10-,11+;. The van der Waals surface area contributed by atoms with Crippen LogP contribution in [0.1, 0.15) is 13.8 Å². The largest absolute Gasteiger partial charge is 1.00 e. The minimum atomic E-state index is -0.318. The highest BCUT2D eigenvalue weighted by Crippen LogP contribution is 2.48. The molecule has 1 aliphatic carbocycles. The highest BCUT2D eigenvalue weighted by Gasteiger charge is 2.62. The molecule has 3 atom stereocenters. The summed E-state index contributed by atoms with van der Waals surface area (Å²) < 4.78 is 10.7. The van der Waals surface area contributed by atoms with Gasteiger partial charge < -0.3 is 37.9 Å². The molecule has 1 rings (SSSR count). The average molecular weight is 385 g/mol. The first-order valence-electron chi connectivity index (χ1n) is 6.45. The Balaban J connectivity index is 0.00000324. The van der Waals surface area contributed by atoms with Gasteiger partial charge in [-0.25, -0.2) is 0 Å². The second kappa shape index (κ2) is 7.42. The quantitative estimate of drug-likeness (QED) is 0.293. The number of ether oxygens (including phenoxy) is 2. The zero-order valence-corrected chi connectivity index (χ0v) is 14.5. The molecule has 19 heavy (non-hydrogen) atoms. The lowest BCUT2D eigenvalue weighted by Gasteiger charge is -2.23. The van der Waals surface area contributed by atoms with Gasteiger partial charge in [-0.3, -0.25) is 9.59 Å². The number of hydrogen-bond acceptors (Lipinski definition) is 4. The molecule has 0 amide bonds. The van der Waals surface area contributed by atoms with E-state index in [1.807, 2.05) is 21.1 Å². The summed E-state index contributed by atoms with van der Waals surface area (Å²) in [4.78, 5) is 23.6. The highest BCUT2D eigenvalue weighted by molar-refractivity contribution is 5.88. The Morgan fingerprint density at radius 1 is 0.947 bits per heavy atom. The summed E-state index contributed by atoms with van der Waals surface area (Å²) >= 11 is 0. The summed E-state index contributed by atoms with van der Waals surface area (Å²) in [7, 11) is 6.13. The predicted octanol–water partition coefficient (Wildman–Crippen LogP) is -2.31. The fraction of sp³-hybridized carbons (Fsp3) is 0.846. The van der Waals surface area contributed by atoms with Crippen molar-refractivity contribution < 1.29 is 47.5 Å². The van der Waals surface area contributed by atoms with E-state index in [1.54, 1.807) is 13.8 Å². The van der Waals surface area contributed by atoms with E-state index in [4.69, 9.17) is 9.47 Å². The number of carbonyl (C=O) groups excluding carboxylic acids is 2. The molecule has 0 aliphatic heterocycles. The Morgan fingerprint density at radius 3 is 1.58 bits per heavy atom. The van der Waals surface area contributed by atoms with Crippen LogP contribution in [-0.2, 0) is 19.1 Å². The smallest absolute Gasteiger partial charge is 0.310 e. The van der Waals surface area contributed by atoms with E-state index < -0.39 is 0 Å². The Labute approximate surface area is 132 Å². The zero-order valence-electron chi connectivity index (χ0n) is 12.3. The van der Waals surface area contributed by atoms with Crippen molar-refractivity contribution >= 4 is 11.9 Å². The Hall–Kier alpha value is -0.370. The van der Waals surface area contributed by atoms with Gasteiger partial charge in [-0.2, -0.15) is 0 Å². The maximum Gasteiger partial charge on any atom is 0.310 e. The molecular formula is C13H24INO4. The number of carbonyl (C=O) groups is 2. The molecule has 0 radical (unpaired) electrons. The molecule has 0 N–H and O–H groups in total. The summed E-state index contributed by atoms with van der Waals surface area (Å²) in [6.45, 7) is 5.01. The van der Waals surface area contributed by atoms with Gasteiger partial charge in [-0.1, -0.05) is 0 Å². The van der Waals surface area contributed by atoms with Crippen molar-refractivity contribution in [3.05, 3.63) is 0 Å². The van der Waals surface area contributed by atoms with Crippen LogP contribution in [0.4, 0.5) is 0 Å². The summed E-state index contributed by atoms with van der Waals surface area (Å²) in [5.41, 5.74) is 0. The van der Waals surface area contributed by atoms with Crippen molar-refractivity contribution in [1.82, 2.24) is 0 Å². The minimum Gasteiger partial charge on any atom is -1.00 e. The van der Waals surface area contributed by atoms with E-state index in [1.165, 1.54) is 0 Å². The monoisotopic (exact) mass is 385 g/mol. The van der Waals surface area contributed by atoms with E-state index in [2.05, 4.69) is 0 Å². The van der Waals surface area contributed by atoms with Crippen molar-refractivity contribution in [2.45, 2.75) is 13.8 Å². The molecule has 1 saturated carbocycles. The number of esters is 2. The van der Waals surface area contributed by atoms with Crippen molar-refractivity contribution in [3.63, 3.8) is 0 Å². The molecule has 0 bridgehead atoms. The van der Waals surface area contributed by atoms with Crippen molar-refractivity contribution in [3.8, 4) is 0 Å². The molecule has 1 unspecified atom stereocenters. The minimum absolute atomic E-state index is 0. The zero-order chi connectivity index (χ0) is 13.9. The van der Waals surface area contributed by atoms with Crippen molar-refractivity contribution in [1.29, 1.82) is 0 Å². The Bertz CT molecular complexity index is 303. The van der Waals surface area contributed by atoms with Crippen LogP contribution in [0, 0.1) is 17.8 Å². The third kappa shape index (κ3) is 5.25. The molecule has 6 heteroatoms. The van der Waals surface area contributed by atoms with E-state index in [0.717, 1.165) is 11.0 Å². The van der Waals surface area contributed by atoms with Gasteiger partial charge in [-0.05, 0) is 13.8 Å². The summed E-state index contributed by atoms with van der Waals surface area (Å²) in [5, 5.41) is 0. The van der Waals surface area contributed by atoms with Crippen LogP contribution in [-0.4, -0.2) is 57.3 Å². The normalized spacial score (nSPS) is 25.2. The SMILES string of the molecule is CCOC(=O)[C@@H]1C(C[N+](C)(C)C)[C@@H]1C(=O)OCC.[I-]. The fourth-order valence-corrected chi connectivity index (χ4v) is 2.35. The lowest BCUT2D eigenvalue weighted by Crippen LogP contribution is -3.00. The number of hydrogen-bond donors (Lipinski definition) is 0. The van der Waals surface area contributed by atoms with Crippen molar-refractivity contribution in [2.75, 3.05) is 40.9 Å². The average Bonchev–Trinajstić information content (AvgIpc) is 2.90. The summed E-state index contributed by atoms with van der Waals surface area (Å²) in [6, 6.07) is 0. The predicted molar refractivity (Wildman–Crippen MR) is 66.6 cm³/mol. The van der Waals surface area contributed by atoms with Gasteiger partial charge in [0.05, 0.1) is 52.7 Å². The van der Waals surface area contributed by atoms with Crippen LogP contribution < -0.4 is 24.0 Å². The molecule has 0 aromatic carbocycles.